The van der Waals surface area contributed by atoms with Gasteiger partial charge in [-0.3, -0.25) is 0 Å². The summed E-state index contributed by atoms with van der Waals surface area (Å²) in [6.07, 6.45) is 0. The van der Waals surface area contributed by atoms with E-state index in [1.165, 1.54) is 6.07 Å². The first kappa shape index (κ1) is 20.3. The van der Waals surface area contributed by atoms with Gasteiger partial charge in [0.15, 0.2) is 5.75 Å². The van der Waals surface area contributed by atoms with Crippen LogP contribution in [-0.2, 0) is 10.1 Å². The van der Waals surface area contributed by atoms with Gasteiger partial charge in [0.2, 0.25) is 0 Å². The number of benzene rings is 3. The smallest absolute Gasteiger partial charge is 0.375 e. The molecule has 2 bridgehead atoms. The summed E-state index contributed by atoms with van der Waals surface area (Å²) < 4.78 is 68.0. The minimum atomic E-state index is -5.89. The third kappa shape index (κ3) is 2.81. The second kappa shape index (κ2) is 6.71. The van der Waals surface area contributed by atoms with Crippen molar-refractivity contribution in [3.8, 4) is 11.8 Å². The van der Waals surface area contributed by atoms with E-state index >= 15 is 0 Å². The molecule has 0 aromatic heterocycles. The van der Waals surface area contributed by atoms with Crippen LogP contribution in [0.25, 0.3) is 0 Å². The monoisotopic (exact) mass is 553 g/mol. The van der Waals surface area contributed by atoms with Crippen LogP contribution in [0.5, 0.6) is 5.75 Å². The van der Waals surface area contributed by atoms with E-state index in [4.69, 9.17) is 4.18 Å². The molecule has 3 aromatic carbocycles. The summed E-state index contributed by atoms with van der Waals surface area (Å²) in [5, 5.41) is 9.80. The van der Waals surface area contributed by atoms with Crippen molar-refractivity contribution >= 4 is 32.7 Å². The molecule has 0 saturated carbocycles. The van der Waals surface area contributed by atoms with E-state index in [1.807, 2.05) is 48.5 Å². The molecule has 0 amide bonds. The fourth-order valence-electron chi connectivity index (χ4n) is 4.63. The van der Waals surface area contributed by atoms with E-state index in [0.717, 1.165) is 22.3 Å². The van der Waals surface area contributed by atoms with Crippen molar-refractivity contribution in [1.82, 2.24) is 0 Å². The van der Waals surface area contributed by atoms with Crippen molar-refractivity contribution in [2.75, 3.05) is 0 Å². The molecule has 0 aliphatic heterocycles. The number of hydrogen-bond donors (Lipinski definition) is 0. The first-order chi connectivity index (χ1) is 14.7. The average Bonchev–Trinajstić information content (AvgIpc) is 2.74. The Kier molecular flexibility index (Phi) is 4.40. The Morgan fingerprint density at radius 2 is 1.35 bits per heavy atom. The van der Waals surface area contributed by atoms with Crippen molar-refractivity contribution in [2.45, 2.75) is 17.3 Å². The maximum atomic E-state index is 13.1. The first-order valence-electron chi connectivity index (χ1n) is 9.10. The third-order valence-corrected chi connectivity index (χ3v) is 7.48. The van der Waals surface area contributed by atoms with E-state index in [0.29, 0.717) is 11.1 Å². The SMILES string of the molecule is N#Cc1cc(I)c(OS(=O)(=O)C(F)(F)F)c2c1C1c3ccccc3C2c2ccccc21. The van der Waals surface area contributed by atoms with Crippen LogP contribution in [-0.4, -0.2) is 13.9 Å². The highest BCUT2D eigenvalue weighted by molar-refractivity contribution is 14.1. The Morgan fingerprint density at radius 3 is 1.77 bits per heavy atom. The molecule has 0 atom stereocenters. The minimum absolute atomic E-state index is 0.128. The molecule has 3 aromatic rings. The number of hydrogen-bond acceptors (Lipinski definition) is 4. The summed E-state index contributed by atoms with van der Waals surface area (Å²) in [5.74, 6) is -1.33. The molecular weight excluding hydrogens is 542 g/mol. The van der Waals surface area contributed by atoms with Gasteiger partial charge in [-0.15, -0.1) is 0 Å². The molecule has 3 aliphatic carbocycles. The van der Waals surface area contributed by atoms with Crippen LogP contribution in [0.2, 0.25) is 0 Å². The summed E-state index contributed by atoms with van der Waals surface area (Å²) >= 11 is 1.72. The molecule has 0 spiro atoms. The maximum Gasteiger partial charge on any atom is 0.534 e. The fraction of sp³-hybridized carbons (Fsp3) is 0.136. The fourth-order valence-corrected chi connectivity index (χ4v) is 5.98. The lowest BCUT2D eigenvalue weighted by Gasteiger charge is -2.43. The minimum Gasteiger partial charge on any atom is -0.375 e. The van der Waals surface area contributed by atoms with Gasteiger partial charge in [0.1, 0.15) is 0 Å². The van der Waals surface area contributed by atoms with E-state index in [-0.39, 0.29) is 14.9 Å². The van der Waals surface area contributed by atoms with Crippen LogP contribution in [0, 0.1) is 14.9 Å². The van der Waals surface area contributed by atoms with Gasteiger partial charge in [-0.25, -0.2) is 0 Å². The van der Waals surface area contributed by atoms with Gasteiger partial charge in [0, 0.05) is 17.4 Å². The number of nitriles is 1. The Balaban J connectivity index is 1.87. The van der Waals surface area contributed by atoms with E-state index in [9.17, 15) is 26.9 Å². The molecule has 0 fully saturated rings. The van der Waals surface area contributed by atoms with Crippen molar-refractivity contribution in [3.05, 3.63) is 97.1 Å². The largest absolute Gasteiger partial charge is 0.534 e. The zero-order valence-electron chi connectivity index (χ0n) is 15.4. The average molecular weight is 553 g/mol. The molecule has 31 heavy (non-hydrogen) atoms. The van der Waals surface area contributed by atoms with Crippen molar-refractivity contribution in [1.29, 1.82) is 5.26 Å². The van der Waals surface area contributed by atoms with Crippen molar-refractivity contribution in [2.24, 2.45) is 0 Å². The molecule has 0 saturated heterocycles. The quantitative estimate of drug-likeness (QED) is 0.167. The Morgan fingerprint density at radius 1 is 0.903 bits per heavy atom. The predicted molar refractivity (Wildman–Crippen MR) is 114 cm³/mol. The lowest BCUT2D eigenvalue weighted by molar-refractivity contribution is -0.0500. The highest BCUT2D eigenvalue weighted by Gasteiger charge is 2.51. The van der Waals surface area contributed by atoms with Gasteiger partial charge >= 0.3 is 15.6 Å². The summed E-state index contributed by atoms with van der Waals surface area (Å²) in [6, 6.07) is 18.5. The normalized spacial score (nSPS) is 18.5. The summed E-state index contributed by atoms with van der Waals surface area (Å²) in [4.78, 5) is 0. The summed E-state index contributed by atoms with van der Waals surface area (Å²) in [6.45, 7) is 0. The second-order valence-electron chi connectivity index (χ2n) is 7.28. The number of alkyl halides is 3. The molecule has 0 radical (unpaired) electrons. The molecule has 0 unspecified atom stereocenters. The van der Waals surface area contributed by atoms with E-state index in [1.54, 1.807) is 22.6 Å². The maximum absolute atomic E-state index is 13.1. The lowest BCUT2D eigenvalue weighted by Crippen LogP contribution is -2.32. The van der Waals surface area contributed by atoms with E-state index in [2.05, 4.69) is 6.07 Å². The van der Waals surface area contributed by atoms with Crippen LogP contribution < -0.4 is 4.18 Å². The van der Waals surface area contributed by atoms with Gasteiger partial charge in [-0.1, -0.05) is 48.5 Å². The summed E-state index contributed by atoms with van der Waals surface area (Å²) in [5.41, 5.74) is -0.869. The summed E-state index contributed by atoms with van der Waals surface area (Å²) in [7, 11) is -5.89. The molecule has 6 rings (SSSR count). The topological polar surface area (TPSA) is 67.2 Å². The van der Waals surface area contributed by atoms with Crippen molar-refractivity contribution in [3.63, 3.8) is 0 Å². The Labute approximate surface area is 189 Å². The van der Waals surface area contributed by atoms with Crippen LogP contribution in [0.3, 0.4) is 0 Å². The molecule has 0 heterocycles. The van der Waals surface area contributed by atoms with Crippen LogP contribution in [0.15, 0.2) is 54.6 Å². The number of rotatable bonds is 2. The number of nitrogens with zero attached hydrogens (tertiary/aromatic N) is 1. The van der Waals surface area contributed by atoms with E-state index < -0.39 is 27.5 Å². The lowest BCUT2D eigenvalue weighted by atomic mass is 9.60. The molecule has 4 nitrogen and oxygen atoms in total. The van der Waals surface area contributed by atoms with Crippen LogP contribution in [0.4, 0.5) is 13.2 Å². The molecule has 3 aliphatic rings. The predicted octanol–water partition coefficient (Wildman–Crippen LogP) is 5.38. The van der Waals surface area contributed by atoms with Gasteiger partial charge < -0.3 is 4.18 Å². The molecule has 0 N–H and O–H groups in total. The van der Waals surface area contributed by atoms with Crippen molar-refractivity contribution < 1.29 is 25.8 Å². The number of halogens is 4. The first-order valence-corrected chi connectivity index (χ1v) is 11.6. The standard InChI is InChI=1S/C22H11F3INO3S/c23-22(24,25)31(28,29)30-21-16(26)9-11(10-27)17-18-12-5-1-3-7-14(12)19(20(17)21)15-8-4-2-6-13(15)18/h1-9,18-19H. The third-order valence-electron chi connectivity index (χ3n) is 5.72. The zero-order valence-corrected chi connectivity index (χ0v) is 18.4. The van der Waals surface area contributed by atoms with Gasteiger partial charge in [-0.05, 0) is 56.5 Å². The second-order valence-corrected chi connectivity index (χ2v) is 9.98. The van der Waals surface area contributed by atoms with Gasteiger partial charge in [0.25, 0.3) is 0 Å². The zero-order chi connectivity index (χ0) is 22.1. The molecular formula is C22H11F3INO3S. The van der Waals surface area contributed by atoms with Gasteiger partial charge in [-0.2, -0.15) is 26.9 Å². The van der Waals surface area contributed by atoms with Gasteiger partial charge in [0.05, 0.1) is 15.2 Å². The molecule has 156 valence electrons. The highest BCUT2D eigenvalue weighted by atomic mass is 127. The molecule has 9 heteroatoms. The Bertz CT molecular complexity index is 1360. The van der Waals surface area contributed by atoms with Crippen LogP contribution >= 0.6 is 22.6 Å². The highest BCUT2D eigenvalue weighted by Crippen LogP contribution is 2.59. The Hall–Kier alpha value is -2.58. The van der Waals surface area contributed by atoms with Crippen LogP contribution in [0.1, 0.15) is 50.8 Å².